The predicted octanol–water partition coefficient (Wildman–Crippen LogP) is 2.76. The molecule has 1 fully saturated rings. The summed E-state index contributed by atoms with van der Waals surface area (Å²) >= 11 is 0. The molecule has 0 aromatic heterocycles. The SMILES string of the molecule is O=C(O)c1ccc2c(c1)[C@]1(C[C@@H]1c1ccccc1)C(=O)N2. The minimum atomic E-state index is -0.968. The van der Waals surface area contributed by atoms with E-state index in [0.29, 0.717) is 0 Å². The molecule has 4 nitrogen and oxygen atoms in total. The van der Waals surface area contributed by atoms with Crippen molar-refractivity contribution in [3.05, 3.63) is 65.2 Å². The first-order valence-electron chi connectivity index (χ1n) is 6.87. The molecule has 1 spiro atoms. The molecule has 1 aliphatic carbocycles. The van der Waals surface area contributed by atoms with Gasteiger partial charge in [-0.25, -0.2) is 4.79 Å². The van der Waals surface area contributed by atoms with Gasteiger partial charge >= 0.3 is 5.97 Å². The molecule has 21 heavy (non-hydrogen) atoms. The minimum Gasteiger partial charge on any atom is -0.478 e. The van der Waals surface area contributed by atoms with Crippen molar-refractivity contribution in [1.82, 2.24) is 0 Å². The molecule has 2 aromatic rings. The first-order valence-corrected chi connectivity index (χ1v) is 6.87. The van der Waals surface area contributed by atoms with E-state index in [1.807, 2.05) is 30.3 Å². The number of fused-ring (bicyclic) bond motifs is 2. The van der Waals surface area contributed by atoms with E-state index in [1.54, 1.807) is 12.1 Å². The van der Waals surface area contributed by atoms with Gasteiger partial charge in [-0.05, 0) is 35.7 Å². The van der Waals surface area contributed by atoms with Gasteiger partial charge in [0.05, 0.1) is 11.0 Å². The first kappa shape index (κ1) is 12.1. The number of rotatable bonds is 2. The van der Waals surface area contributed by atoms with Crippen LogP contribution in [0, 0.1) is 0 Å². The van der Waals surface area contributed by atoms with E-state index >= 15 is 0 Å². The van der Waals surface area contributed by atoms with Crippen LogP contribution in [-0.2, 0) is 10.2 Å². The maximum absolute atomic E-state index is 12.4. The van der Waals surface area contributed by atoms with Crippen LogP contribution in [-0.4, -0.2) is 17.0 Å². The zero-order valence-electron chi connectivity index (χ0n) is 11.2. The monoisotopic (exact) mass is 279 g/mol. The Bertz CT molecular complexity index is 769. The lowest BCUT2D eigenvalue weighted by Gasteiger charge is -2.09. The third kappa shape index (κ3) is 1.56. The average molecular weight is 279 g/mol. The number of carboxylic acids is 1. The molecule has 1 heterocycles. The van der Waals surface area contributed by atoms with Crippen LogP contribution in [0.2, 0.25) is 0 Å². The van der Waals surface area contributed by atoms with Gasteiger partial charge in [0.2, 0.25) is 5.91 Å². The van der Waals surface area contributed by atoms with E-state index in [2.05, 4.69) is 5.32 Å². The summed E-state index contributed by atoms with van der Waals surface area (Å²) < 4.78 is 0. The summed E-state index contributed by atoms with van der Waals surface area (Å²) in [6.07, 6.45) is 0.735. The number of benzene rings is 2. The molecular formula is C17H13NO3. The zero-order valence-corrected chi connectivity index (χ0v) is 11.2. The Hall–Kier alpha value is -2.62. The van der Waals surface area contributed by atoms with Crippen molar-refractivity contribution in [2.45, 2.75) is 17.8 Å². The lowest BCUT2D eigenvalue weighted by atomic mass is 9.91. The van der Waals surface area contributed by atoms with E-state index in [-0.39, 0.29) is 17.4 Å². The van der Waals surface area contributed by atoms with Crippen molar-refractivity contribution in [2.75, 3.05) is 5.32 Å². The predicted molar refractivity (Wildman–Crippen MR) is 77.5 cm³/mol. The fourth-order valence-electron chi connectivity index (χ4n) is 3.41. The first-order chi connectivity index (χ1) is 10.1. The smallest absolute Gasteiger partial charge is 0.335 e. The molecule has 2 aliphatic rings. The van der Waals surface area contributed by atoms with Gasteiger partial charge in [0.25, 0.3) is 0 Å². The molecule has 104 valence electrons. The molecular weight excluding hydrogens is 266 g/mol. The number of hydrogen-bond donors (Lipinski definition) is 2. The molecule has 0 bridgehead atoms. The molecule has 0 unspecified atom stereocenters. The molecule has 1 saturated carbocycles. The summed E-state index contributed by atoms with van der Waals surface area (Å²) in [6, 6.07) is 14.8. The summed E-state index contributed by atoms with van der Waals surface area (Å²) in [5.41, 5.74) is 2.33. The average Bonchev–Trinajstić information content (AvgIpc) is 3.18. The highest BCUT2D eigenvalue weighted by Gasteiger charge is 2.65. The maximum Gasteiger partial charge on any atom is 0.335 e. The number of amides is 1. The Balaban J connectivity index is 1.81. The fourth-order valence-corrected chi connectivity index (χ4v) is 3.41. The van der Waals surface area contributed by atoms with E-state index in [0.717, 1.165) is 23.2 Å². The second-order valence-corrected chi connectivity index (χ2v) is 5.66. The molecule has 2 aromatic carbocycles. The topological polar surface area (TPSA) is 66.4 Å². The summed E-state index contributed by atoms with van der Waals surface area (Å²) in [7, 11) is 0. The number of carbonyl (C=O) groups is 2. The zero-order chi connectivity index (χ0) is 14.6. The highest BCUT2D eigenvalue weighted by molar-refractivity contribution is 6.10. The van der Waals surface area contributed by atoms with Crippen LogP contribution in [0.3, 0.4) is 0 Å². The van der Waals surface area contributed by atoms with Crippen LogP contribution in [0.5, 0.6) is 0 Å². The van der Waals surface area contributed by atoms with Crippen LogP contribution in [0.4, 0.5) is 5.69 Å². The number of aromatic carboxylic acids is 1. The Kier molecular flexibility index (Phi) is 2.28. The van der Waals surface area contributed by atoms with Gasteiger partial charge in [0.1, 0.15) is 0 Å². The standard InChI is InChI=1S/C17H13NO3/c19-15(20)11-6-7-14-12(8-11)17(16(21)18-14)9-13(17)10-4-2-1-3-5-10/h1-8,13H,9H2,(H,18,21)(H,19,20)/t13-,17+/m1/s1. The Labute approximate surface area is 121 Å². The summed E-state index contributed by atoms with van der Waals surface area (Å²) in [6.45, 7) is 0. The van der Waals surface area contributed by atoms with Gasteiger partial charge in [-0.1, -0.05) is 30.3 Å². The van der Waals surface area contributed by atoms with E-state index in [4.69, 9.17) is 5.11 Å². The second kappa shape index (κ2) is 3.95. The number of hydrogen-bond acceptors (Lipinski definition) is 2. The van der Waals surface area contributed by atoms with Crippen molar-refractivity contribution in [2.24, 2.45) is 0 Å². The lowest BCUT2D eigenvalue weighted by Crippen LogP contribution is -2.21. The molecule has 4 heteroatoms. The highest BCUT2D eigenvalue weighted by atomic mass is 16.4. The Morgan fingerprint density at radius 2 is 1.95 bits per heavy atom. The summed E-state index contributed by atoms with van der Waals surface area (Å²) in [4.78, 5) is 23.6. The number of carbonyl (C=O) groups excluding carboxylic acids is 1. The molecule has 2 N–H and O–H groups in total. The number of carboxylic acid groups (broad SMARTS) is 1. The third-order valence-corrected chi connectivity index (χ3v) is 4.56. The van der Waals surface area contributed by atoms with Crippen LogP contribution in [0.1, 0.15) is 33.8 Å². The van der Waals surface area contributed by atoms with Gasteiger partial charge in [0.15, 0.2) is 0 Å². The highest BCUT2D eigenvalue weighted by Crippen LogP contribution is 2.64. The van der Waals surface area contributed by atoms with Crippen LogP contribution < -0.4 is 5.32 Å². The lowest BCUT2D eigenvalue weighted by molar-refractivity contribution is -0.118. The van der Waals surface area contributed by atoms with Crippen LogP contribution in [0.25, 0.3) is 0 Å². The van der Waals surface area contributed by atoms with E-state index in [9.17, 15) is 9.59 Å². The van der Waals surface area contributed by atoms with Crippen molar-refractivity contribution < 1.29 is 14.7 Å². The van der Waals surface area contributed by atoms with Gasteiger partial charge in [0, 0.05) is 11.6 Å². The van der Waals surface area contributed by atoms with Crippen molar-refractivity contribution in [3.63, 3.8) is 0 Å². The van der Waals surface area contributed by atoms with Gasteiger partial charge < -0.3 is 10.4 Å². The van der Waals surface area contributed by atoms with E-state index in [1.165, 1.54) is 6.07 Å². The normalized spacial score (nSPS) is 25.5. The van der Waals surface area contributed by atoms with Crippen LogP contribution >= 0.6 is 0 Å². The number of nitrogens with one attached hydrogen (secondary N) is 1. The third-order valence-electron chi connectivity index (χ3n) is 4.56. The molecule has 0 radical (unpaired) electrons. The number of anilines is 1. The van der Waals surface area contributed by atoms with Gasteiger partial charge in [-0.2, -0.15) is 0 Å². The second-order valence-electron chi connectivity index (χ2n) is 5.66. The minimum absolute atomic E-state index is 0.0195. The molecule has 4 rings (SSSR count). The Morgan fingerprint density at radius 3 is 2.67 bits per heavy atom. The largest absolute Gasteiger partial charge is 0.478 e. The molecule has 2 atom stereocenters. The quantitative estimate of drug-likeness (QED) is 0.888. The summed E-state index contributed by atoms with van der Waals surface area (Å²) in [5, 5.41) is 12.0. The van der Waals surface area contributed by atoms with Crippen molar-refractivity contribution in [1.29, 1.82) is 0 Å². The fraction of sp³-hybridized carbons (Fsp3) is 0.176. The van der Waals surface area contributed by atoms with Gasteiger partial charge in [-0.3, -0.25) is 4.79 Å². The maximum atomic E-state index is 12.4. The van der Waals surface area contributed by atoms with Crippen molar-refractivity contribution >= 4 is 17.6 Å². The molecule has 1 amide bonds. The Morgan fingerprint density at radius 1 is 1.19 bits per heavy atom. The van der Waals surface area contributed by atoms with Crippen LogP contribution in [0.15, 0.2) is 48.5 Å². The molecule has 0 saturated heterocycles. The molecule has 1 aliphatic heterocycles. The van der Waals surface area contributed by atoms with Gasteiger partial charge in [-0.15, -0.1) is 0 Å². The van der Waals surface area contributed by atoms with E-state index < -0.39 is 11.4 Å². The summed E-state index contributed by atoms with van der Waals surface area (Å²) in [5.74, 6) is -0.859. The van der Waals surface area contributed by atoms with Crippen molar-refractivity contribution in [3.8, 4) is 0 Å².